The van der Waals surface area contributed by atoms with E-state index in [1.165, 1.54) is 18.5 Å². The zero-order valence-corrected chi connectivity index (χ0v) is 18.5. The highest BCUT2D eigenvalue weighted by atomic mass is 32.2. The predicted molar refractivity (Wildman–Crippen MR) is 118 cm³/mol. The minimum absolute atomic E-state index is 0.00197. The van der Waals surface area contributed by atoms with Gasteiger partial charge in [0.15, 0.2) is 5.82 Å². The van der Waals surface area contributed by atoms with Crippen molar-refractivity contribution < 1.29 is 21.9 Å². The van der Waals surface area contributed by atoms with Crippen LogP contribution in [-0.2, 0) is 15.8 Å². The number of sulfonamides is 1. The van der Waals surface area contributed by atoms with Crippen LogP contribution in [0.3, 0.4) is 0 Å². The third-order valence-electron chi connectivity index (χ3n) is 4.48. The van der Waals surface area contributed by atoms with Crippen LogP contribution in [0.25, 0.3) is 5.82 Å². The Bertz CT molecular complexity index is 1390. The number of ether oxygens (including phenoxy) is 1. The van der Waals surface area contributed by atoms with E-state index in [1.807, 2.05) is 19.9 Å². The van der Waals surface area contributed by atoms with E-state index in [2.05, 4.69) is 19.8 Å². The van der Waals surface area contributed by atoms with Crippen molar-refractivity contribution in [2.24, 2.45) is 0 Å². The molecule has 0 fully saturated rings. The Morgan fingerprint density at radius 1 is 0.970 bits per heavy atom. The lowest BCUT2D eigenvalue weighted by Gasteiger charge is -2.10. The fourth-order valence-corrected chi connectivity index (χ4v) is 4.38. The number of anilines is 1. The van der Waals surface area contributed by atoms with Gasteiger partial charge in [-0.3, -0.25) is 4.72 Å². The van der Waals surface area contributed by atoms with Crippen molar-refractivity contribution in [1.82, 2.24) is 19.7 Å². The van der Waals surface area contributed by atoms with Crippen molar-refractivity contribution >= 4 is 15.7 Å². The molecule has 4 rings (SSSR count). The van der Waals surface area contributed by atoms with E-state index in [1.54, 1.807) is 22.9 Å². The maximum Gasteiger partial charge on any atom is 0.236 e. The summed E-state index contributed by atoms with van der Waals surface area (Å²) in [5, 5.41) is 4.38. The second-order valence-corrected chi connectivity index (χ2v) is 9.04. The van der Waals surface area contributed by atoms with Gasteiger partial charge in [-0.25, -0.2) is 31.8 Å². The number of aryl methyl sites for hydroxylation is 2. The maximum atomic E-state index is 13.3. The van der Waals surface area contributed by atoms with Crippen LogP contribution in [0.15, 0.2) is 60.9 Å². The Kier molecular flexibility index (Phi) is 6.05. The summed E-state index contributed by atoms with van der Waals surface area (Å²) in [4.78, 5) is 8.30. The van der Waals surface area contributed by atoms with Crippen LogP contribution in [0.1, 0.15) is 17.0 Å². The molecule has 0 atom stereocenters. The van der Waals surface area contributed by atoms with Gasteiger partial charge in [-0.2, -0.15) is 5.10 Å². The largest absolute Gasteiger partial charge is 0.439 e. The highest BCUT2D eigenvalue weighted by Gasteiger charge is 2.14. The second kappa shape index (κ2) is 8.94. The van der Waals surface area contributed by atoms with Crippen LogP contribution in [0.5, 0.6) is 11.6 Å². The molecule has 0 aliphatic carbocycles. The Hall–Kier alpha value is -3.86. The summed E-state index contributed by atoms with van der Waals surface area (Å²) >= 11 is 0. The molecule has 8 nitrogen and oxygen atoms in total. The summed E-state index contributed by atoms with van der Waals surface area (Å²) in [5.41, 5.74) is 2.04. The second-order valence-electron chi connectivity index (χ2n) is 7.32. The molecule has 170 valence electrons. The summed E-state index contributed by atoms with van der Waals surface area (Å²) in [6.45, 7) is 3.79. The molecule has 0 aliphatic rings. The molecule has 0 radical (unpaired) electrons. The van der Waals surface area contributed by atoms with Gasteiger partial charge in [-0.15, -0.1) is 0 Å². The molecule has 0 aliphatic heterocycles. The predicted octanol–water partition coefficient (Wildman–Crippen LogP) is 4.29. The molecule has 33 heavy (non-hydrogen) atoms. The third kappa shape index (κ3) is 5.69. The molecule has 0 spiro atoms. The fraction of sp³-hybridized carbons (Fsp3) is 0.136. The summed E-state index contributed by atoms with van der Waals surface area (Å²) in [5.74, 6) is -1.00. The number of halogens is 2. The standard InChI is InChI=1S/C22H19F2N5O3S/c1-14-7-15(2)29(27-14)21-11-22(26-13-25-21)32-20-5-3-19(4-6-20)28-33(30,31)12-16-8-17(23)10-18(24)9-16/h3-11,13,28H,12H2,1-2H3. The van der Waals surface area contributed by atoms with Crippen molar-refractivity contribution in [1.29, 1.82) is 0 Å². The number of benzene rings is 2. The van der Waals surface area contributed by atoms with Crippen molar-refractivity contribution in [2.45, 2.75) is 19.6 Å². The van der Waals surface area contributed by atoms with Crippen LogP contribution in [0.4, 0.5) is 14.5 Å². The molecule has 0 saturated heterocycles. The average Bonchev–Trinajstić information content (AvgIpc) is 3.06. The lowest BCUT2D eigenvalue weighted by atomic mass is 10.2. The van der Waals surface area contributed by atoms with Gasteiger partial charge in [-0.05, 0) is 61.9 Å². The van der Waals surface area contributed by atoms with Crippen molar-refractivity contribution in [2.75, 3.05) is 4.72 Å². The number of hydrogen-bond acceptors (Lipinski definition) is 6. The van der Waals surface area contributed by atoms with Crippen molar-refractivity contribution in [3.63, 3.8) is 0 Å². The summed E-state index contributed by atoms with van der Waals surface area (Å²) in [7, 11) is -3.89. The van der Waals surface area contributed by atoms with Crippen molar-refractivity contribution in [3.05, 3.63) is 89.5 Å². The van der Waals surface area contributed by atoms with E-state index in [0.717, 1.165) is 23.5 Å². The molecule has 0 unspecified atom stereocenters. The molecule has 2 aromatic heterocycles. The summed E-state index contributed by atoms with van der Waals surface area (Å²) in [6, 6.07) is 12.3. The van der Waals surface area contributed by atoms with Crippen molar-refractivity contribution in [3.8, 4) is 17.4 Å². The monoisotopic (exact) mass is 471 g/mol. The van der Waals surface area contributed by atoms with E-state index < -0.39 is 27.4 Å². The lowest BCUT2D eigenvalue weighted by Crippen LogP contribution is -2.15. The van der Waals surface area contributed by atoms with Gasteiger partial charge in [0.05, 0.1) is 11.4 Å². The Labute approximate surface area is 188 Å². The van der Waals surface area contributed by atoms with E-state index in [4.69, 9.17) is 4.74 Å². The fourth-order valence-electron chi connectivity index (χ4n) is 3.20. The molecule has 0 bridgehead atoms. The first-order chi connectivity index (χ1) is 15.7. The zero-order chi connectivity index (χ0) is 23.6. The van der Waals surface area contributed by atoms with Gasteiger partial charge in [0, 0.05) is 23.5 Å². The molecule has 0 amide bonds. The number of rotatable bonds is 7. The highest BCUT2D eigenvalue weighted by Crippen LogP contribution is 2.24. The van der Waals surface area contributed by atoms with Gasteiger partial charge in [-0.1, -0.05) is 0 Å². The highest BCUT2D eigenvalue weighted by molar-refractivity contribution is 7.91. The first-order valence-corrected chi connectivity index (χ1v) is 11.4. The Morgan fingerprint density at radius 3 is 2.30 bits per heavy atom. The molecule has 11 heteroatoms. The number of nitrogens with zero attached hydrogens (tertiary/aromatic N) is 4. The van der Waals surface area contributed by atoms with Gasteiger partial charge in [0.2, 0.25) is 15.9 Å². The lowest BCUT2D eigenvalue weighted by molar-refractivity contribution is 0.460. The van der Waals surface area contributed by atoms with Crippen LogP contribution in [0, 0.1) is 25.5 Å². The minimum atomic E-state index is -3.89. The quantitative estimate of drug-likeness (QED) is 0.432. The third-order valence-corrected chi connectivity index (χ3v) is 5.74. The molecule has 2 aromatic carbocycles. The van der Waals surface area contributed by atoms with E-state index in [9.17, 15) is 17.2 Å². The zero-order valence-electron chi connectivity index (χ0n) is 17.7. The Balaban J connectivity index is 1.44. The van der Waals surface area contributed by atoms with Crippen LogP contribution in [-0.4, -0.2) is 28.2 Å². The topological polar surface area (TPSA) is 99.0 Å². The minimum Gasteiger partial charge on any atom is -0.439 e. The molecule has 2 heterocycles. The van der Waals surface area contributed by atoms with Gasteiger partial charge in [0.1, 0.15) is 23.7 Å². The number of hydrogen-bond donors (Lipinski definition) is 1. The van der Waals surface area contributed by atoms with E-state index in [-0.39, 0.29) is 17.1 Å². The summed E-state index contributed by atoms with van der Waals surface area (Å²) in [6.07, 6.45) is 1.36. The summed E-state index contributed by atoms with van der Waals surface area (Å²) < 4.78 is 61.1. The maximum absolute atomic E-state index is 13.3. The molecule has 1 N–H and O–H groups in total. The van der Waals surface area contributed by atoms with Crippen LogP contribution < -0.4 is 9.46 Å². The molecule has 4 aromatic rings. The molecule has 0 saturated carbocycles. The Morgan fingerprint density at radius 2 is 1.67 bits per heavy atom. The molecular formula is C22H19F2N5O3S. The number of aromatic nitrogens is 4. The van der Waals surface area contributed by atoms with Gasteiger partial charge in [0.25, 0.3) is 0 Å². The first-order valence-electron chi connectivity index (χ1n) is 9.76. The molecular weight excluding hydrogens is 452 g/mol. The van der Waals surface area contributed by atoms with Crippen LogP contribution >= 0.6 is 0 Å². The van der Waals surface area contributed by atoms with Crippen LogP contribution in [0.2, 0.25) is 0 Å². The van der Waals surface area contributed by atoms with E-state index in [0.29, 0.717) is 17.6 Å². The van der Waals surface area contributed by atoms with E-state index >= 15 is 0 Å². The normalized spacial score (nSPS) is 11.4. The first kappa shape index (κ1) is 22.3. The van der Waals surface area contributed by atoms with Gasteiger partial charge >= 0.3 is 0 Å². The average molecular weight is 471 g/mol. The number of nitrogens with one attached hydrogen (secondary N) is 1. The SMILES string of the molecule is Cc1cc(C)n(-c2cc(Oc3ccc(NS(=O)(=O)Cc4cc(F)cc(F)c4)cc3)ncn2)n1. The smallest absolute Gasteiger partial charge is 0.236 e. The van der Waals surface area contributed by atoms with Gasteiger partial charge < -0.3 is 4.74 Å².